The quantitative estimate of drug-likeness (QED) is 0.857. The molecule has 18 heavy (non-hydrogen) atoms. The first-order valence-electron chi connectivity index (χ1n) is 6.20. The van der Waals surface area contributed by atoms with Crippen molar-refractivity contribution in [2.45, 2.75) is 12.5 Å². The van der Waals surface area contributed by atoms with Gasteiger partial charge in [-0.1, -0.05) is 0 Å². The zero-order valence-corrected chi connectivity index (χ0v) is 10.6. The lowest BCUT2D eigenvalue weighted by Gasteiger charge is -2.25. The molecular formula is C13H17N3O2. The van der Waals surface area contributed by atoms with Gasteiger partial charge < -0.3 is 14.6 Å². The minimum absolute atomic E-state index is 0.313. The minimum Gasteiger partial charge on any atom is -0.408 e. The predicted octanol–water partition coefficient (Wildman–Crippen LogP) is 0.930. The van der Waals surface area contributed by atoms with Crippen molar-refractivity contribution in [3.05, 3.63) is 28.7 Å². The molecule has 1 aromatic carbocycles. The van der Waals surface area contributed by atoms with E-state index in [4.69, 9.17) is 4.42 Å². The maximum atomic E-state index is 11.4. The second kappa shape index (κ2) is 4.17. The highest BCUT2D eigenvalue weighted by Gasteiger charge is 2.20. The number of benzene rings is 1. The van der Waals surface area contributed by atoms with Gasteiger partial charge in [-0.25, -0.2) is 4.79 Å². The standard InChI is InChI=1S/C13H17N3O2/c1-15(10-5-6-14-8-10)9-3-4-12-11(7-9)16(2)13(17)18-12/h3-4,7,10,14H,5-6,8H2,1-2H3. The maximum absolute atomic E-state index is 11.4. The number of fused-ring (bicyclic) bond motifs is 1. The molecule has 1 fully saturated rings. The fourth-order valence-corrected chi connectivity index (χ4v) is 2.52. The summed E-state index contributed by atoms with van der Waals surface area (Å²) in [6.07, 6.45) is 1.15. The lowest BCUT2D eigenvalue weighted by atomic mass is 10.2. The Hall–Kier alpha value is -1.75. The van der Waals surface area contributed by atoms with Gasteiger partial charge in [0.25, 0.3) is 0 Å². The number of anilines is 1. The summed E-state index contributed by atoms with van der Waals surface area (Å²) < 4.78 is 6.68. The van der Waals surface area contributed by atoms with E-state index in [-0.39, 0.29) is 5.76 Å². The first kappa shape index (κ1) is 11.3. The van der Waals surface area contributed by atoms with Crippen LogP contribution in [0.1, 0.15) is 6.42 Å². The third kappa shape index (κ3) is 1.71. The van der Waals surface area contributed by atoms with Crippen LogP contribution in [0, 0.1) is 0 Å². The molecule has 96 valence electrons. The smallest absolute Gasteiger partial charge is 0.408 e. The highest BCUT2D eigenvalue weighted by molar-refractivity contribution is 5.78. The molecule has 0 spiro atoms. The van der Waals surface area contributed by atoms with Crippen molar-refractivity contribution < 1.29 is 4.42 Å². The monoisotopic (exact) mass is 247 g/mol. The Labute approximate surface area is 105 Å². The molecule has 0 saturated carbocycles. The fraction of sp³-hybridized carbons (Fsp3) is 0.462. The number of aromatic nitrogens is 1. The van der Waals surface area contributed by atoms with Crippen molar-refractivity contribution in [1.29, 1.82) is 0 Å². The third-order valence-electron chi connectivity index (χ3n) is 3.76. The van der Waals surface area contributed by atoms with Crippen LogP contribution >= 0.6 is 0 Å². The van der Waals surface area contributed by atoms with Gasteiger partial charge in [0, 0.05) is 32.4 Å². The SMILES string of the molecule is CN(c1ccc2oc(=O)n(C)c2c1)C1CCNC1. The molecule has 1 aliphatic rings. The summed E-state index contributed by atoms with van der Waals surface area (Å²) in [4.78, 5) is 13.7. The van der Waals surface area contributed by atoms with Gasteiger partial charge in [-0.3, -0.25) is 4.57 Å². The van der Waals surface area contributed by atoms with Gasteiger partial charge in [0.1, 0.15) is 0 Å². The highest BCUT2D eigenvalue weighted by atomic mass is 16.4. The van der Waals surface area contributed by atoms with E-state index in [9.17, 15) is 4.79 Å². The van der Waals surface area contributed by atoms with Crippen molar-refractivity contribution in [2.75, 3.05) is 25.0 Å². The van der Waals surface area contributed by atoms with Crippen molar-refractivity contribution >= 4 is 16.8 Å². The summed E-state index contributed by atoms with van der Waals surface area (Å²) in [5.41, 5.74) is 2.60. The normalized spacial score (nSPS) is 19.6. The molecule has 0 amide bonds. The Kier molecular flexibility index (Phi) is 2.63. The van der Waals surface area contributed by atoms with Crippen LogP contribution in [0.25, 0.3) is 11.1 Å². The Bertz CT molecular complexity index is 623. The lowest BCUT2D eigenvalue weighted by molar-refractivity contribution is 0.528. The van der Waals surface area contributed by atoms with Crippen molar-refractivity contribution in [3.8, 4) is 0 Å². The van der Waals surface area contributed by atoms with E-state index in [2.05, 4.69) is 17.3 Å². The molecule has 3 rings (SSSR count). The van der Waals surface area contributed by atoms with Gasteiger partial charge in [0.05, 0.1) is 5.52 Å². The van der Waals surface area contributed by atoms with E-state index in [0.29, 0.717) is 11.6 Å². The Morgan fingerprint density at radius 3 is 3.06 bits per heavy atom. The van der Waals surface area contributed by atoms with Gasteiger partial charge in [-0.05, 0) is 31.2 Å². The molecule has 1 saturated heterocycles. The first-order valence-corrected chi connectivity index (χ1v) is 6.20. The highest BCUT2D eigenvalue weighted by Crippen LogP contribution is 2.23. The number of likely N-dealkylation sites (N-methyl/N-ethyl adjacent to an activating group) is 1. The molecule has 5 heteroatoms. The second-order valence-electron chi connectivity index (χ2n) is 4.84. The molecule has 1 aliphatic heterocycles. The lowest BCUT2D eigenvalue weighted by Crippen LogP contribution is -2.33. The van der Waals surface area contributed by atoms with E-state index in [1.807, 2.05) is 18.2 Å². The molecule has 0 aliphatic carbocycles. The van der Waals surface area contributed by atoms with Crippen molar-refractivity contribution in [1.82, 2.24) is 9.88 Å². The number of aryl methyl sites for hydroxylation is 1. The number of hydrogen-bond donors (Lipinski definition) is 1. The van der Waals surface area contributed by atoms with E-state index >= 15 is 0 Å². The Morgan fingerprint density at radius 1 is 1.50 bits per heavy atom. The number of oxazole rings is 1. The summed E-state index contributed by atoms with van der Waals surface area (Å²) >= 11 is 0. The molecule has 5 nitrogen and oxygen atoms in total. The van der Waals surface area contributed by atoms with Gasteiger partial charge in [-0.2, -0.15) is 0 Å². The van der Waals surface area contributed by atoms with Gasteiger partial charge >= 0.3 is 5.76 Å². The van der Waals surface area contributed by atoms with Crippen LogP contribution in [0.2, 0.25) is 0 Å². The van der Waals surface area contributed by atoms with Crippen LogP contribution in [0.4, 0.5) is 5.69 Å². The topological polar surface area (TPSA) is 50.4 Å². The average Bonchev–Trinajstić information content (AvgIpc) is 2.99. The molecule has 2 heterocycles. The molecule has 1 atom stereocenters. The largest absolute Gasteiger partial charge is 0.419 e. The van der Waals surface area contributed by atoms with Crippen LogP contribution in [0.15, 0.2) is 27.4 Å². The molecule has 0 radical (unpaired) electrons. The number of nitrogens with zero attached hydrogens (tertiary/aromatic N) is 2. The third-order valence-corrected chi connectivity index (χ3v) is 3.76. The summed E-state index contributed by atoms with van der Waals surface area (Å²) in [5, 5.41) is 3.36. The number of hydrogen-bond acceptors (Lipinski definition) is 4. The minimum atomic E-state index is -0.313. The zero-order chi connectivity index (χ0) is 12.7. The van der Waals surface area contributed by atoms with E-state index in [1.54, 1.807) is 11.6 Å². The van der Waals surface area contributed by atoms with Crippen LogP contribution in [-0.4, -0.2) is 30.7 Å². The Morgan fingerprint density at radius 2 is 2.33 bits per heavy atom. The number of nitrogens with one attached hydrogen (secondary N) is 1. The van der Waals surface area contributed by atoms with Crippen molar-refractivity contribution in [2.24, 2.45) is 7.05 Å². The van der Waals surface area contributed by atoms with Crippen LogP contribution in [0.5, 0.6) is 0 Å². The molecule has 1 unspecified atom stereocenters. The Balaban J connectivity index is 2.01. The fourth-order valence-electron chi connectivity index (χ4n) is 2.52. The van der Waals surface area contributed by atoms with E-state index in [0.717, 1.165) is 30.7 Å². The first-order chi connectivity index (χ1) is 8.66. The van der Waals surface area contributed by atoms with Crippen LogP contribution in [0.3, 0.4) is 0 Å². The summed E-state index contributed by atoms with van der Waals surface area (Å²) in [5.74, 6) is -0.313. The molecular weight excluding hydrogens is 230 g/mol. The molecule has 1 aromatic heterocycles. The van der Waals surface area contributed by atoms with Crippen molar-refractivity contribution in [3.63, 3.8) is 0 Å². The average molecular weight is 247 g/mol. The van der Waals surface area contributed by atoms with Crippen LogP contribution in [-0.2, 0) is 7.05 Å². The molecule has 1 N–H and O–H groups in total. The van der Waals surface area contributed by atoms with Gasteiger partial charge in [-0.15, -0.1) is 0 Å². The molecule has 2 aromatic rings. The zero-order valence-electron chi connectivity index (χ0n) is 10.6. The summed E-state index contributed by atoms with van der Waals surface area (Å²) in [7, 11) is 3.83. The van der Waals surface area contributed by atoms with Gasteiger partial charge in [0.2, 0.25) is 0 Å². The van der Waals surface area contributed by atoms with Crippen LogP contribution < -0.4 is 16.0 Å². The number of rotatable bonds is 2. The van der Waals surface area contributed by atoms with Gasteiger partial charge in [0.15, 0.2) is 5.58 Å². The van der Waals surface area contributed by atoms with E-state index in [1.165, 1.54) is 0 Å². The summed E-state index contributed by atoms with van der Waals surface area (Å²) in [6.45, 7) is 2.08. The molecule has 0 bridgehead atoms. The van der Waals surface area contributed by atoms with E-state index < -0.39 is 0 Å². The second-order valence-corrected chi connectivity index (χ2v) is 4.84. The predicted molar refractivity (Wildman–Crippen MR) is 71.1 cm³/mol. The maximum Gasteiger partial charge on any atom is 0.419 e. The summed E-state index contributed by atoms with van der Waals surface area (Å²) in [6, 6.07) is 6.40.